The highest BCUT2D eigenvalue weighted by molar-refractivity contribution is 5.79. The van der Waals surface area contributed by atoms with E-state index in [4.69, 9.17) is 5.73 Å². The topological polar surface area (TPSA) is 46.3 Å². The van der Waals surface area contributed by atoms with E-state index in [1.165, 1.54) is 38.5 Å². The number of amides is 1. The van der Waals surface area contributed by atoms with Crippen molar-refractivity contribution in [2.45, 2.75) is 51.4 Å². The molecule has 18 heavy (non-hydrogen) atoms. The fourth-order valence-corrected chi connectivity index (χ4v) is 3.77. The summed E-state index contributed by atoms with van der Waals surface area (Å²) in [5.74, 6) is 1.74. The first kappa shape index (κ1) is 13.9. The molecular weight excluding hydrogens is 224 g/mol. The lowest BCUT2D eigenvalue weighted by molar-refractivity contribution is -0.137. The third-order valence-corrected chi connectivity index (χ3v) is 4.91. The van der Waals surface area contributed by atoms with E-state index in [0.29, 0.717) is 18.4 Å². The predicted octanol–water partition coefficient (Wildman–Crippen LogP) is 2.40. The second kappa shape index (κ2) is 6.55. The van der Waals surface area contributed by atoms with E-state index in [1.54, 1.807) is 0 Å². The van der Waals surface area contributed by atoms with Gasteiger partial charge < -0.3 is 10.6 Å². The highest BCUT2D eigenvalue weighted by Crippen LogP contribution is 2.31. The third-order valence-electron chi connectivity index (χ3n) is 4.91. The van der Waals surface area contributed by atoms with Crippen LogP contribution >= 0.6 is 0 Å². The largest absolute Gasteiger partial charge is 0.345 e. The minimum absolute atomic E-state index is 0.204. The molecule has 1 amide bonds. The van der Waals surface area contributed by atoms with Crippen LogP contribution < -0.4 is 5.73 Å². The van der Waals surface area contributed by atoms with Gasteiger partial charge in [0, 0.05) is 19.5 Å². The van der Waals surface area contributed by atoms with Crippen molar-refractivity contribution >= 4 is 5.91 Å². The van der Waals surface area contributed by atoms with Crippen molar-refractivity contribution in [3.05, 3.63) is 0 Å². The Morgan fingerprint density at radius 2 is 1.72 bits per heavy atom. The molecule has 2 saturated carbocycles. The molecule has 104 valence electrons. The van der Waals surface area contributed by atoms with Crippen LogP contribution in [0.15, 0.2) is 0 Å². The average Bonchev–Trinajstić information content (AvgIpc) is 2.90. The zero-order valence-electron chi connectivity index (χ0n) is 11.7. The van der Waals surface area contributed by atoms with Gasteiger partial charge in [-0.25, -0.2) is 0 Å². The van der Waals surface area contributed by atoms with Crippen LogP contribution in [0.25, 0.3) is 0 Å². The van der Waals surface area contributed by atoms with Crippen LogP contribution in [0.1, 0.15) is 51.4 Å². The van der Waals surface area contributed by atoms with Crippen molar-refractivity contribution in [2.75, 3.05) is 20.1 Å². The fourth-order valence-electron chi connectivity index (χ4n) is 3.77. The quantitative estimate of drug-likeness (QED) is 0.835. The first-order valence-electron chi connectivity index (χ1n) is 7.67. The fraction of sp³-hybridized carbons (Fsp3) is 0.933. The molecule has 2 atom stereocenters. The van der Waals surface area contributed by atoms with Crippen LogP contribution in [0.5, 0.6) is 0 Å². The van der Waals surface area contributed by atoms with Gasteiger partial charge in [0.1, 0.15) is 0 Å². The lowest BCUT2D eigenvalue weighted by Gasteiger charge is -2.33. The average molecular weight is 252 g/mol. The molecule has 3 nitrogen and oxygen atoms in total. The molecule has 2 fully saturated rings. The van der Waals surface area contributed by atoms with Crippen LogP contribution in [0.4, 0.5) is 0 Å². The zero-order chi connectivity index (χ0) is 13.0. The Kier molecular flexibility index (Phi) is 5.04. The Balaban J connectivity index is 1.87. The molecule has 0 aromatic heterocycles. The van der Waals surface area contributed by atoms with Crippen molar-refractivity contribution in [2.24, 2.45) is 23.5 Å². The summed E-state index contributed by atoms with van der Waals surface area (Å²) in [5, 5.41) is 0. The molecular formula is C15H28N2O. The van der Waals surface area contributed by atoms with E-state index in [2.05, 4.69) is 0 Å². The lowest BCUT2D eigenvalue weighted by Crippen LogP contribution is -2.42. The molecule has 2 unspecified atom stereocenters. The number of nitrogens with zero attached hydrogens (tertiary/aromatic N) is 1. The number of nitrogens with two attached hydrogens (primary N) is 1. The van der Waals surface area contributed by atoms with E-state index < -0.39 is 0 Å². The molecule has 2 aliphatic rings. The van der Waals surface area contributed by atoms with Crippen molar-refractivity contribution in [3.63, 3.8) is 0 Å². The number of carbonyl (C=O) groups excluding carboxylic acids is 1. The summed E-state index contributed by atoms with van der Waals surface area (Å²) in [5.41, 5.74) is 5.82. The standard InChI is InChI=1S/C15H28N2O/c1-17(11-12-6-2-3-7-12)15(18)14-9-5-4-8-13(14)10-16/h12-14H,2-11,16H2,1H3. The minimum atomic E-state index is 0.204. The minimum Gasteiger partial charge on any atom is -0.345 e. The van der Waals surface area contributed by atoms with Crippen LogP contribution in [0.3, 0.4) is 0 Å². The summed E-state index contributed by atoms with van der Waals surface area (Å²) < 4.78 is 0. The van der Waals surface area contributed by atoms with Gasteiger partial charge in [-0.2, -0.15) is 0 Å². The van der Waals surface area contributed by atoms with E-state index in [1.807, 2.05) is 11.9 Å². The van der Waals surface area contributed by atoms with Crippen molar-refractivity contribution in [1.82, 2.24) is 4.90 Å². The predicted molar refractivity (Wildman–Crippen MR) is 74.1 cm³/mol. The summed E-state index contributed by atoms with van der Waals surface area (Å²) in [6, 6.07) is 0. The normalized spacial score (nSPS) is 29.4. The summed E-state index contributed by atoms with van der Waals surface area (Å²) in [4.78, 5) is 14.5. The first-order valence-corrected chi connectivity index (χ1v) is 7.67. The Bertz CT molecular complexity index is 274. The molecule has 0 spiro atoms. The van der Waals surface area contributed by atoms with E-state index in [9.17, 15) is 4.79 Å². The van der Waals surface area contributed by atoms with Crippen molar-refractivity contribution in [1.29, 1.82) is 0 Å². The van der Waals surface area contributed by atoms with E-state index in [0.717, 1.165) is 25.3 Å². The molecule has 2 aliphatic carbocycles. The van der Waals surface area contributed by atoms with Gasteiger partial charge in [-0.1, -0.05) is 25.7 Å². The number of hydrogen-bond donors (Lipinski definition) is 1. The molecule has 3 heteroatoms. The van der Waals surface area contributed by atoms with Gasteiger partial charge in [0.25, 0.3) is 0 Å². The van der Waals surface area contributed by atoms with Crippen LogP contribution in [0.2, 0.25) is 0 Å². The molecule has 2 rings (SSSR count). The summed E-state index contributed by atoms with van der Waals surface area (Å²) in [6.07, 6.45) is 9.95. The van der Waals surface area contributed by atoms with Crippen LogP contribution in [-0.4, -0.2) is 30.9 Å². The van der Waals surface area contributed by atoms with Crippen molar-refractivity contribution < 1.29 is 4.79 Å². The second-order valence-corrected chi connectivity index (χ2v) is 6.26. The maximum Gasteiger partial charge on any atom is 0.225 e. The zero-order valence-corrected chi connectivity index (χ0v) is 11.7. The molecule has 0 aliphatic heterocycles. The Hall–Kier alpha value is -0.570. The Labute approximate surface area is 111 Å². The van der Waals surface area contributed by atoms with Gasteiger partial charge in [0.05, 0.1) is 0 Å². The molecule has 0 radical (unpaired) electrons. The van der Waals surface area contributed by atoms with E-state index in [-0.39, 0.29) is 5.92 Å². The highest BCUT2D eigenvalue weighted by atomic mass is 16.2. The number of rotatable bonds is 4. The Morgan fingerprint density at radius 3 is 2.39 bits per heavy atom. The van der Waals surface area contributed by atoms with Gasteiger partial charge in [-0.05, 0) is 44.1 Å². The molecule has 2 N–H and O–H groups in total. The smallest absolute Gasteiger partial charge is 0.225 e. The summed E-state index contributed by atoms with van der Waals surface area (Å²) >= 11 is 0. The van der Waals surface area contributed by atoms with Gasteiger partial charge in [0.2, 0.25) is 5.91 Å². The first-order chi connectivity index (χ1) is 8.72. The number of carbonyl (C=O) groups is 1. The Morgan fingerprint density at radius 1 is 1.11 bits per heavy atom. The van der Waals surface area contributed by atoms with Gasteiger partial charge in [-0.3, -0.25) is 4.79 Å². The number of hydrogen-bond acceptors (Lipinski definition) is 2. The molecule has 0 heterocycles. The van der Waals surface area contributed by atoms with Gasteiger partial charge >= 0.3 is 0 Å². The monoisotopic (exact) mass is 252 g/mol. The van der Waals surface area contributed by atoms with Gasteiger partial charge in [0.15, 0.2) is 0 Å². The van der Waals surface area contributed by atoms with Crippen LogP contribution in [0, 0.1) is 17.8 Å². The summed E-state index contributed by atoms with van der Waals surface area (Å²) in [6.45, 7) is 1.64. The lowest BCUT2D eigenvalue weighted by atomic mass is 9.78. The molecule has 0 saturated heterocycles. The maximum absolute atomic E-state index is 12.5. The van der Waals surface area contributed by atoms with E-state index >= 15 is 0 Å². The third kappa shape index (κ3) is 3.25. The summed E-state index contributed by atoms with van der Waals surface area (Å²) in [7, 11) is 1.99. The van der Waals surface area contributed by atoms with Crippen molar-refractivity contribution in [3.8, 4) is 0 Å². The maximum atomic E-state index is 12.5. The molecule has 0 aromatic rings. The molecule has 0 aromatic carbocycles. The van der Waals surface area contributed by atoms with Crippen LogP contribution in [-0.2, 0) is 4.79 Å². The SMILES string of the molecule is CN(CC1CCCC1)C(=O)C1CCCCC1CN. The molecule has 0 bridgehead atoms. The second-order valence-electron chi connectivity index (χ2n) is 6.26. The van der Waals surface area contributed by atoms with Gasteiger partial charge in [-0.15, -0.1) is 0 Å². The highest BCUT2D eigenvalue weighted by Gasteiger charge is 2.32.